The first kappa shape index (κ1) is 19.0. The summed E-state index contributed by atoms with van der Waals surface area (Å²) in [6.07, 6.45) is -2.22. The first-order valence-electron chi connectivity index (χ1n) is 8.41. The zero-order chi connectivity index (χ0) is 19.4. The molecule has 0 aliphatic heterocycles. The Morgan fingerprint density at radius 3 is 2.70 bits per heavy atom. The molecule has 1 atom stereocenters. The molecular weight excluding hydrogens is 357 g/mol. The molecule has 0 fully saturated rings. The summed E-state index contributed by atoms with van der Waals surface area (Å²) in [4.78, 5) is 15.3. The number of hydrogen-bond donors (Lipinski definition) is 2. The molecule has 0 aliphatic rings. The maximum atomic E-state index is 12.9. The van der Waals surface area contributed by atoms with E-state index >= 15 is 0 Å². The van der Waals surface area contributed by atoms with Crippen molar-refractivity contribution in [2.45, 2.75) is 25.2 Å². The molecule has 7 heteroatoms. The van der Waals surface area contributed by atoms with Crippen molar-refractivity contribution in [2.75, 3.05) is 7.11 Å². The van der Waals surface area contributed by atoms with E-state index < -0.39 is 23.8 Å². The maximum absolute atomic E-state index is 12.9. The summed E-state index contributed by atoms with van der Waals surface area (Å²) >= 11 is 0. The fourth-order valence-corrected chi connectivity index (χ4v) is 3.00. The third kappa shape index (κ3) is 4.49. The molecule has 1 heterocycles. The van der Waals surface area contributed by atoms with Gasteiger partial charge in [-0.2, -0.15) is 13.2 Å². The van der Waals surface area contributed by atoms with Crippen LogP contribution >= 0.6 is 0 Å². The summed E-state index contributed by atoms with van der Waals surface area (Å²) < 4.78 is 43.4. The van der Waals surface area contributed by atoms with Crippen LogP contribution in [-0.4, -0.2) is 24.1 Å². The van der Waals surface area contributed by atoms with Crippen molar-refractivity contribution in [3.05, 3.63) is 71.4 Å². The highest BCUT2D eigenvalue weighted by Gasteiger charge is 2.30. The number of aromatic amines is 1. The number of nitrogens with one attached hydrogen (secondary N) is 2. The van der Waals surface area contributed by atoms with Gasteiger partial charge in [-0.1, -0.05) is 36.4 Å². The van der Waals surface area contributed by atoms with Gasteiger partial charge in [0.05, 0.1) is 12.7 Å². The summed E-state index contributed by atoms with van der Waals surface area (Å²) in [5, 5.41) is 4.01. The van der Waals surface area contributed by atoms with Gasteiger partial charge in [0.2, 0.25) is 0 Å². The molecule has 142 valence electrons. The summed E-state index contributed by atoms with van der Waals surface area (Å²) in [6.45, 7) is 0.117. The minimum Gasteiger partial charge on any atom is -0.468 e. The number of para-hydroxylation sites is 1. The van der Waals surface area contributed by atoms with Crippen LogP contribution in [0.15, 0.2) is 54.7 Å². The molecule has 2 N–H and O–H groups in total. The number of benzene rings is 2. The Morgan fingerprint density at radius 1 is 1.19 bits per heavy atom. The van der Waals surface area contributed by atoms with Gasteiger partial charge >= 0.3 is 12.1 Å². The van der Waals surface area contributed by atoms with E-state index in [2.05, 4.69) is 10.3 Å². The third-order valence-corrected chi connectivity index (χ3v) is 4.39. The van der Waals surface area contributed by atoms with Crippen LogP contribution in [0.4, 0.5) is 13.2 Å². The van der Waals surface area contributed by atoms with Gasteiger partial charge in [-0.05, 0) is 23.3 Å². The second-order valence-corrected chi connectivity index (χ2v) is 6.22. The number of H-pyrrole nitrogens is 1. The van der Waals surface area contributed by atoms with Crippen LogP contribution in [0.5, 0.6) is 0 Å². The Kier molecular flexibility index (Phi) is 5.51. The molecule has 3 rings (SSSR count). The van der Waals surface area contributed by atoms with Crippen LogP contribution in [-0.2, 0) is 28.7 Å². The van der Waals surface area contributed by atoms with Gasteiger partial charge in [0.1, 0.15) is 6.04 Å². The molecule has 0 bridgehead atoms. The minimum atomic E-state index is -4.40. The van der Waals surface area contributed by atoms with Gasteiger partial charge in [-0.15, -0.1) is 0 Å². The van der Waals surface area contributed by atoms with E-state index in [9.17, 15) is 18.0 Å². The molecule has 0 spiro atoms. The van der Waals surface area contributed by atoms with Crippen LogP contribution in [0.2, 0.25) is 0 Å². The monoisotopic (exact) mass is 376 g/mol. The number of carbonyl (C=O) groups excluding carboxylic acids is 1. The van der Waals surface area contributed by atoms with Gasteiger partial charge in [-0.3, -0.25) is 4.79 Å². The Balaban J connectivity index is 1.75. The van der Waals surface area contributed by atoms with Crippen LogP contribution in [0, 0.1) is 0 Å². The van der Waals surface area contributed by atoms with Crippen LogP contribution in [0.25, 0.3) is 10.9 Å². The van der Waals surface area contributed by atoms with E-state index in [1.165, 1.54) is 13.2 Å². The first-order chi connectivity index (χ1) is 12.9. The molecule has 0 saturated heterocycles. The van der Waals surface area contributed by atoms with Crippen molar-refractivity contribution in [1.82, 2.24) is 10.3 Å². The van der Waals surface area contributed by atoms with Gasteiger partial charge in [-0.25, -0.2) is 0 Å². The average molecular weight is 376 g/mol. The highest BCUT2D eigenvalue weighted by atomic mass is 19.4. The highest BCUT2D eigenvalue weighted by Crippen LogP contribution is 2.29. The van der Waals surface area contributed by atoms with Crippen molar-refractivity contribution < 1.29 is 22.7 Å². The third-order valence-electron chi connectivity index (χ3n) is 4.39. The Hall–Kier alpha value is -2.80. The largest absolute Gasteiger partial charge is 0.468 e. The standard InChI is InChI=1S/C20H19F3N2O2/c1-27-19(26)18(10-14-12-25-17-8-3-2-7-16(14)17)24-11-13-5-4-6-15(9-13)20(21,22)23/h2-9,12,18,24-25H,10-11H2,1H3. The van der Waals surface area contributed by atoms with Crippen LogP contribution in [0.3, 0.4) is 0 Å². The van der Waals surface area contributed by atoms with Crippen LogP contribution < -0.4 is 5.32 Å². The molecule has 0 aliphatic carbocycles. The Bertz CT molecular complexity index is 934. The van der Waals surface area contributed by atoms with Gasteiger partial charge in [0, 0.05) is 30.1 Å². The number of halogens is 3. The van der Waals surface area contributed by atoms with Gasteiger partial charge in [0.25, 0.3) is 0 Å². The normalized spacial score (nSPS) is 12.9. The zero-order valence-corrected chi connectivity index (χ0v) is 14.6. The number of ether oxygens (including phenoxy) is 1. The number of alkyl halides is 3. The van der Waals surface area contributed by atoms with Crippen molar-refractivity contribution in [1.29, 1.82) is 0 Å². The number of rotatable bonds is 6. The number of methoxy groups -OCH3 is 1. The smallest absolute Gasteiger partial charge is 0.416 e. The molecule has 1 aromatic heterocycles. The molecule has 0 radical (unpaired) electrons. The maximum Gasteiger partial charge on any atom is 0.416 e. The number of hydrogen-bond acceptors (Lipinski definition) is 3. The van der Waals surface area contributed by atoms with E-state index in [-0.39, 0.29) is 6.54 Å². The van der Waals surface area contributed by atoms with Crippen LogP contribution in [0.1, 0.15) is 16.7 Å². The molecule has 1 unspecified atom stereocenters. The van der Waals surface area contributed by atoms with E-state index in [1.807, 2.05) is 30.5 Å². The topological polar surface area (TPSA) is 54.1 Å². The summed E-state index contributed by atoms with van der Waals surface area (Å²) in [5.41, 5.74) is 1.61. The van der Waals surface area contributed by atoms with E-state index in [4.69, 9.17) is 4.74 Å². The number of carbonyl (C=O) groups is 1. The molecular formula is C20H19F3N2O2. The second-order valence-electron chi connectivity index (χ2n) is 6.22. The van der Waals surface area contributed by atoms with Crippen molar-refractivity contribution in [3.8, 4) is 0 Å². The Morgan fingerprint density at radius 2 is 1.96 bits per heavy atom. The molecule has 27 heavy (non-hydrogen) atoms. The van der Waals surface area contributed by atoms with E-state index in [0.717, 1.165) is 28.6 Å². The van der Waals surface area contributed by atoms with Crippen molar-refractivity contribution in [2.24, 2.45) is 0 Å². The number of fused-ring (bicyclic) bond motifs is 1. The lowest BCUT2D eigenvalue weighted by Gasteiger charge is -2.17. The van der Waals surface area contributed by atoms with Crippen molar-refractivity contribution in [3.63, 3.8) is 0 Å². The van der Waals surface area contributed by atoms with E-state index in [1.54, 1.807) is 6.07 Å². The lowest BCUT2D eigenvalue weighted by atomic mass is 10.0. The van der Waals surface area contributed by atoms with Gasteiger partial charge in [0.15, 0.2) is 0 Å². The molecule has 0 saturated carbocycles. The average Bonchev–Trinajstić information content (AvgIpc) is 3.07. The Labute approximate surface area is 154 Å². The first-order valence-corrected chi connectivity index (χ1v) is 8.41. The highest BCUT2D eigenvalue weighted by molar-refractivity contribution is 5.84. The fourth-order valence-electron chi connectivity index (χ4n) is 3.00. The fraction of sp³-hybridized carbons (Fsp3) is 0.250. The van der Waals surface area contributed by atoms with Crippen molar-refractivity contribution >= 4 is 16.9 Å². The summed E-state index contributed by atoms with van der Waals surface area (Å²) in [7, 11) is 1.29. The SMILES string of the molecule is COC(=O)C(Cc1c[nH]c2ccccc12)NCc1cccc(C(F)(F)F)c1. The summed E-state index contributed by atoms with van der Waals surface area (Å²) in [6, 6.07) is 12.1. The minimum absolute atomic E-state index is 0.117. The molecule has 2 aromatic carbocycles. The second kappa shape index (κ2) is 7.84. The zero-order valence-electron chi connectivity index (χ0n) is 14.6. The summed E-state index contributed by atoms with van der Waals surface area (Å²) in [5.74, 6) is -0.466. The number of esters is 1. The van der Waals surface area contributed by atoms with Gasteiger partial charge < -0.3 is 15.0 Å². The molecule has 3 aromatic rings. The van der Waals surface area contributed by atoms with E-state index in [0.29, 0.717) is 12.0 Å². The predicted molar refractivity (Wildman–Crippen MR) is 96.1 cm³/mol. The quantitative estimate of drug-likeness (QED) is 0.638. The molecule has 0 amide bonds. The number of aromatic nitrogens is 1. The predicted octanol–water partition coefficient (Wildman–Crippen LogP) is 4.06. The molecule has 4 nitrogen and oxygen atoms in total. The lowest BCUT2D eigenvalue weighted by molar-refractivity contribution is -0.143. The lowest BCUT2D eigenvalue weighted by Crippen LogP contribution is -2.39.